The highest BCUT2D eigenvalue weighted by atomic mass is 28.4. The fourth-order valence-corrected chi connectivity index (χ4v) is 3.88. The van der Waals surface area contributed by atoms with Crippen molar-refractivity contribution >= 4 is 8.32 Å². The summed E-state index contributed by atoms with van der Waals surface area (Å²) in [7, 11) is -1.79. The summed E-state index contributed by atoms with van der Waals surface area (Å²) in [5.74, 6) is -0.567. The van der Waals surface area contributed by atoms with Crippen molar-refractivity contribution in [1.29, 1.82) is 0 Å². The first kappa shape index (κ1) is 22.1. The van der Waals surface area contributed by atoms with Gasteiger partial charge in [0.1, 0.15) is 12.2 Å². The van der Waals surface area contributed by atoms with E-state index < -0.39 is 14.1 Å². The molecular formula is C20H38O5Si. The third-order valence-corrected chi connectivity index (χ3v) is 9.96. The molecule has 0 bridgehead atoms. The second-order valence-electron chi connectivity index (χ2n) is 9.24. The van der Waals surface area contributed by atoms with Gasteiger partial charge in [0, 0.05) is 0 Å². The van der Waals surface area contributed by atoms with E-state index in [2.05, 4.69) is 46.0 Å². The molecule has 2 heterocycles. The quantitative estimate of drug-likeness (QED) is 0.346. The van der Waals surface area contributed by atoms with Crippen LogP contribution in [0.15, 0.2) is 12.2 Å². The molecule has 0 aromatic carbocycles. The van der Waals surface area contributed by atoms with Gasteiger partial charge in [0.15, 0.2) is 20.4 Å². The molecule has 0 aliphatic carbocycles. The number of allylic oxidation sites excluding steroid dienone is 1. The van der Waals surface area contributed by atoms with E-state index in [1.165, 1.54) is 0 Å². The molecule has 2 aliphatic rings. The minimum atomic E-state index is -1.79. The summed E-state index contributed by atoms with van der Waals surface area (Å²) in [5.41, 5.74) is 0. The fraction of sp³-hybridized carbons (Fsp3) is 0.900. The average molecular weight is 387 g/mol. The Labute approximate surface area is 160 Å². The lowest BCUT2D eigenvalue weighted by Gasteiger charge is -2.37. The van der Waals surface area contributed by atoms with E-state index in [0.29, 0.717) is 6.61 Å². The lowest BCUT2D eigenvalue weighted by atomic mass is 10.1. The minimum absolute atomic E-state index is 0.0147. The Balaban J connectivity index is 1.81. The summed E-state index contributed by atoms with van der Waals surface area (Å²) in [6, 6.07) is 0. The zero-order chi connectivity index (χ0) is 19.4. The molecule has 0 aromatic rings. The van der Waals surface area contributed by atoms with Crippen molar-refractivity contribution in [1.82, 2.24) is 0 Å². The van der Waals surface area contributed by atoms with E-state index in [1.807, 2.05) is 13.8 Å². The maximum absolute atomic E-state index is 6.36. The van der Waals surface area contributed by atoms with Gasteiger partial charge in [0.25, 0.3) is 0 Å². The molecule has 2 aliphatic heterocycles. The lowest BCUT2D eigenvalue weighted by Crippen LogP contribution is -2.43. The second kappa shape index (κ2) is 8.84. The van der Waals surface area contributed by atoms with Crippen molar-refractivity contribution in [2.24, 2.45) is 0 Å². The predicted molar refractivity (Wildman–Crippen MR) is 106 cm³/mol. The van der Waals surface area contributed by atoms with Gasteiger partial charge in [-0.2, -0.15) is 0 Å². The van der Waals surface area contributed by atoms with E-state index >= 15 is 0 Å². The van der Waals surface area contributed by atoms with Gasteiger partial charge in [-0.05, 0) is 51.2 Å². The van der Waals surface area contributed by atoms with Crippen LogP contribution in [0.1, 0.15) is 53.9 Å². The van der Waals surface area contributed by atoms with Crippen LogP contribution in [0.3, 0.4) is 0 Å². The molecular weight excluding hydrogens is 348 g/mol. The zero-order valence-corrected chi connectivity index (χ0v) is 18.7. The average Bonchev–Trinajstić information content (AvgIpc) is 3.11. The van der Waals surface area contributed by atoms with E-state index in [-0.39, 0.29) is 23.5 Å². The van der Waals surface area contributed by atoms with Crippen LogP contribution in [-0.2, 0) is 23.4 Å². The number of ether oxygens (including phenoxy) is 4. The molecule has 0 unspecified atom stereocenters. The van der Waals surface area contributed by atoms with Crippen molar-refractivity contribution in [3.05, 3.63) is 12.2 Å². The summed E-state index contributed by atoms with van der Waals surface area (Å²) >= 11 is 0. The molecule has 6 heteroatoms. The maximum Gasteiger partial charge on any atom is 0.192 e. The second-order valence-corrected chi connectivity index (χ2v) is 14.0. The smallest absolute Gasteiger partial charge is 0.192 e. The van der Waals surface area contributed by atoms with Gasteiger partial charge in [-0.3, -0.25) is 0 Å². The van der Waals surface area contributed by atoms with Crippen molar-refractivity contribution in [2.45, 2.75) is 96.3 Å². The lowest BCUT2D eigenvalue weighted by molar-refractivity contribution is -0.145. The summed E-state index contributed by atoms with van der Waals surface area (Å²) in [6.45, 7) is 17.3. The normalized spacial score (nSPS) is 27.7. The van der Waals surface area contributed by atoms with Crippen LogP contribution in [0.5, 0.6) is 0 Å². The van der Waals surface area contributed by atoms with Crippen LogP contribution >= 0.6 is 0 Å². The Hall–Kier alpha value is -0.243. The van der Waals surface area contributed by atoms with Gasteiger partial charge in [-0.15, -0.1) is 0 Å². The highest BCUT2D eigenvalue weighted by molar-refractivity contribution is 6.74. The van der Waals surface area contributed by atoms with Crippen LogP contribution in [0.2, 0.25) is 18.1 Å². The summed E-state index contributed by atoms with van der Waals surface area (Å²) in [6.07, 6.45) is 7.15. The maximum atomic E-state index is 6.36. The number of hydrogen-bond donors (Lipinski definition) is 0. The van der Waals surface area contributed by atoms with Crippen LogP contribution in [0.4, 0.5) is 0 Å². The van der Waals surface area contributed by atoms with Crippen LogP contribution in [-0.4, -0.2) is 52.4 Å². The summed E-state index contributed by atoms with van der Waals surface area (Å²) < 4.78 is 29.5. The molecule has 2 atom stereocenters. The topological polar surface area (TPSA) is 46.2 Å². The van der Waals surface area contributed by atoms with Gasteiger partial charge in [0.05, 0.1) is 19.8 Å². The molecule has 2 saturated heterocycles. The van der Waals surface area contributed by atoms with Crippen molar-refractivity contribution in [3.63, 3.8) is 0 Å². The number of rotatable bonds is 8. The third kappa shape index (κ3) is 6.43. The molecule has 0 amide bonds. The number of hydrogen-bond acceptors (Lipinski definition) is 5. The van der Waals surface area contributed by atoms with E-state index in [1.54, 1.807) is 0 Å². The van der Waals surface area contributed by atoms with Gasteiger partial charge in [0.2, 0.25) is 0 Å². The minimum Gasteiger partial charge on any atom is -0.414 e. The SMILES string of the molecule is CC1(C)O[C@H](/C=C/CCCC2OCCO2)[C@@H](CO[Si](C)(C)C(C)(C)C)O1. The molecule has 0 radical (unpaired) electrons. The first-order chi connectivity index (χ1) is 12.0. The van der Waals surface area contributed by atoms with Crippen LogP contribution < -0.4 is 0 Å². The summed E-state index contributed by atoms with van der Waals surface area (Å²) in [5, 5.41) is 0.192. The molecule has 0 spiro atoms. The molecule has 26 heavy (non-hydrogen) atoms. The van der Waals surface area contributed by atoms with Crippen LogP contribution in [0, 0.1) is 0 Å². The Kier molecular flexibility index (Phi) is 7.50. The van der Waals surface area contributed by atoms with Gasteiger partial charge < -0.3 is 23.4 Å². The molecule has 0 saturated carbocycles. The fourth-order valence-electron chi connectivity index (χ4n) is 2.87. The summed E-state index contributed by atoms with van der Waals surface area (Å²) in [4.78, 5) is 0. The van der Waals surface area contributed by atoms with Crippen molar-refractivity contribution in [3.8, 4) is 0 Å². The van der Waals surface area contributed by atoms with E-state index in [0.717, 1.165) is 32.5 Å². The van der Waals surface area contributed by atoms with E-state index in [4.69, 9.17) is 23.4 Å². The monoisotopic (exact) mass is 386 g/mol. The Morgan fingerprint density at radius 1 is 1.12 bits per heavy atom. The first-order valence-corrected chi connectivity index (χ1v) is 12.8. The Morgan fingerprint density at radius 2 is 1.77 bits per heavy atom. The third-order valence-electron chi connectivity index (χ3n) is 5.46. The van der Waals surface area contributed by atoms with Crippen LogP contribution in [0.25, 0.3) is 0 Å². The number of unbranched alkanes of at least 4 members (excludes halogenated alkanes) is 1. The van der Waals surface area contributed by atoms with Gasteiger partial charge in [-0.25, -0.2) is 0 Å². The first-order valence-electron chi connectivity index (χ1n) is 9.90. The highest BCUT2D eigenvalue weighted by Gasteiger charge is 2.43. The molecule has 2 rings (SSSR count). The standard InChI is InChI=1S/C20H38O5Si/c1-19(2,3)26(6,7)23-15-17-16(24-20(4,5)25-17)11-9-8-10-12-18-21-13-14-22-18/h9,11,16-18H,8,10,12-15H2,1-7H3/b11-9+/t16-,17-/m1/s1. The Bertz CT molecular complexity index is 463. The van der Waals surface area contributed by atoms with Gasteiger partial charge >= 0.3 is 0 Å². The van der Waals surface area contributed by atoms with Crippen molar-refractivity contribution < 1.29 is 23.4 Å². The molecule has 5 nitrogen and oxygen atoms in total. The highest BCUT2D eigenvalue weighted by Crippen LogP contribution is 2.38. The van der Waals surface area contributed by atoms with Gasteiger partial charge in [-0.1, -0.05) is 32.9 Å². The Morgan fingerprint density at radius 3 is 2.38 bits per heavy atom. The molecule has 152 valence electrons. The molecule has 0 aromatic heterocycles. The molecule has 2 fully saturated rings. The predicted octanol–water partition coefficient (Wildman–Crippen LogP) is 4.63. The largest absolute Gasteiger partial charge is 0.414 e. The van der Waals surface area contributed by atoms with Crippen molar-refractivity contribution in [2.75, 3.05) is 19.8 Å². The zero-order valence-electron chi connectivity index (χ0n) is 17.7. The van der Waals surface area contributed by atoms with E-state index in [9.17, 15) is 0 Å². The molecule has 0 N–H and O–H groups in total.